The van der Waals surface area contributed by atoms with Crippen LogP contribution in [0.15, 0.2) is 45.6 Å². The quantitative estimate of drug-likeness (QED) is 0.531. The van der Waals surface area contributed by atoms with Crippen LogP contribution < -0.4 is 0 Å². The van der Waals surface area contributed by atoms with E-state index in [1.165, 1.54) is 14.2 Å². The molecule has 27 heavy (non-hydrogen) atoms. The van der Waals surface area contributed by atoms with Crippen molar-refractivity contribution in [1.29, 1.82) is 0 Å². The van der Waals surface area contributed by atoms with Crippen molar-refractivity contribution < 1.29 is 40.6 Å². The van der Waals surface area contributed by atoms with Crippen molar-refractivity contribution in [3.63, 3.8) is 0 Å². The Hall–Kier alpha value is -1.50. The molecule has 0 radical (unpaired) electrons. The van der Waals surface area contributed by atoms with E-state index < -0.39 is 63.2 Å². The first-order valence-electron chi connectivity index (χ1n) is 6.96. The van der Waals surface area contributed by atoms with Crippen LogP contribution in [0.4, 0.5) is 0 Å². The van der Waals surface area contributed by atoms with Gasteiger partial charge in [0.2, 0.25) is 0 Å². The molecule has 0 aliphatic heterocycles. The Morgan fingerprint density at radius 2 is 1.11 bits per heavy atom. The van der Waals surface area contributed by atoms with Crippen molar-refractivity contribution in [3.8, 4) is 0 Å². The van der Waals surface area contributed by atoms with Crippen LogP contribution in [0.25, 0.3) is 0 Å². The number of methoxy groups -OCH3 is 2. The zero-order chi connectivity index (χ0) is 20.6. The minimum absolute atomic E-state index is 0.593. The number of hydrogen-bond acceptors (Lipinski definition) is 9. The van der Waals surface area contributed by atoms with E-state index in [-0.39, 0.29) is 0 Å². The summed E-state index contributed by atoms with van der Waals surface area (Å²) in [6.45, 7) is 0. The Bertz CT molecular complexity index is 935. The summed E-state index contributed by atoms with van der Waals surface area (Å²) in [5.41, 5.74) is 0. The van der Waals surface area contributed by atoms with Crippen molar-refractivity contribution in [2.75, 3.05) is 14.2 Å². The van der Waals surface area contributed by atoms with Gasteiger partial charge in [0, 0.05) is 47.7 Å². The van der Waals surface area contributed by atoms with E-state index in [0.717, 1.165) is 24.3 Å². The molecule has 0 aromatic heterocycles. The molecule has 0 unspecified atom stereocenters. The summed E-state index contributed by atoms with van der Waals surface area (Å²) in [6.07, 6.45) is 0.842. The Balaban J connectivity index is 2.53. The van der Waals surface area contributed by atoms with E-state index in [9.17, 15) is 26.4 Å². The molecule has 9 nitrogen and oxygen atoms in total. The number of carbonyl (C=O) groups excluding carboxylic acids is 2. The molecule has 0 saturated heterocycles. The molecule has 2 atom stereocenters. The largest absolute Gasteiger partial charge is 0.454 e. The molecule has 0 aromatic carbocycles. The lowest BCUT2D eigenvalue weighted by atomic mass is 10.1. The molecule has 0 heterocycles. The SMILES string of the molecule is CO[C@@H]1C=C(S(=O)(=O)Cl)C(OC2=CC(=O)[C@H](OC)C=C2S(=O)(=O)Cl)=CC1=O. The highest BCUT2D eigenvalue weighted by molar-refractivity contribution is 8.17. The average molecular weight is 459 g/mol. The Labute approximate surface area is 163 Å². The van der Waals surface area contributed by atoms with E-state index in [0.29, 0.717) is 0 Å². The van der Waals surface area contributed by atoms with Gasteiger partial charge in [-0.3, -0.25) is 9.59 Å². The maximum absolute atomic E-state index is 12.0. The maximum Gasteiger partial charge on any atom is 0.264 e. The van der Waals surface area contributed by atoms with Gasteiger partial charge in [0.25, 0.3) is 18.1 Å². The number of rotatable bonds is 6. The molecule has 2 rings (SSSR count). The number of halogens is 2. The summed E-state index contributed by atoms with van der Waals surface area (Å²) in [5, 5.41) is 0. The van der Waals surface area contributed by atoms with E-state index >= 15 is 0 Å². The first-order valence-corrected chi connectivity index (χ1v) is 11.6. The van der Waals surface area contributed by atoms with Gasteiger partial charge in [-0.15, -0.1) is 0 Å². The Morgan fingerprint density at radius 3 is 1.37 bits per heavy atom. The molecule has 0 amide bonds. The van der Waals surface area contributed by atoms with E-state index in [1.54, 1.807) is 0 Å². The second-order valence-corrected chi connectivity index (χ2v) is 10.2. The highest BCUT2D eigenvalue weighted by Crippen LogP contribution is 2.34. The van der Waals surface area contributed by atoms with Gasteiger partial charge >= 0.3 is 0 Å². The molecule has 2 aliphatic rings. The van der Waals surface area contributed by atoms with E-state index in [1.807, 2.05) is 0 Å². The molecule has 13 heteroatoms. The van der Waals surface area contributed by atoms with Gasteiger partial charge in [0.05, 0.1) is 0 Å². The lowest BCUT2D eigenvalue weighted by Crippen LogP contribution is -2.27. The predicted molar refractivity (Wildman–Crippen MR) is 94.6 cm³/mol. The summed E-state index contributed by atoms with van der Waals surface area (Å²) in [7, 11) is 4.23. The fourth-order valence-electron chi connectivity index (χ4n) is 2.22. The van der Waals surface area contributed by atoms with Crippen LogP contribution in [0.3, 0.4) is 0 Å². The monoisotopic (exact) mass is 458 g/mol. The third kappa shape index (κ3) is 4.86. The zero-order valence-corrected chi connectivity index (χ0v) is 16.9. The predicted octanol–water partition coefficient (Wildman–Crippen LogP) is 0.871. The third-order valence-electron chi connectivity index (χ3n) is 3.45. The standard InChI is InChI=1S/C14H12Cl2O9S2/c1-23-9-5-13(26(15,19)20)11(3-7(9)17)25-12-4-8(18)10(24-2)6-14(12)27(16,21)22/h3-6,9-10H,1-2H3/t9-,10-/m1/s1. The molecule has 148 valence electrons. The Morgan fingerprint density at radius 1 is 0.778 bits per heavy atom. The molecule has 0 fully saturated rings. The van der Waals surface area contributed by atoms with Crippen molar-refractivity contribution in [2.24, 2.45) is 0 Å². The molecular formula is C14H12Cl2O9S2. The van der Waals surface area contributed by atoms with Crippen LogP contribution in [0.5, 0.6) is 0 Å². The normalized spacial score (nSPS) is 24.0. The fourth-order valence-corrected chi connectivity index (χ4v) is 4.24. The average Bonchev–Trinajstić information content (AvgIpc) is 2.52. The minimum atomic E-state index is -4.41. The van der Waals surface area contributed by atoms with Crippen LogP contribution in [-0.2, 0) is 41.9 Å². The molecule has 0 N–H and O–H groups in total. The van der Waals surface area contributed by atoms with Crippen molar-refractivity contribution >= 4 is 51.0 Å². The van der Waals surface area contributed by atoms with Crippen molar-refractivity contribution in [3.05, 3.63) is 45.6 Å². The summed E-state index contributed by atoms with van der Waals surface area (Å²) in [6, 6.07) is 0. The van der Waals surface area contributed by atoms with Crippen LogP contribution in [-0.4, -0.2) is 54.8 Å². The first kappa shape index (κ1) is 21.8. The number of carbonyl (C=O) groups is 2. The summed E-state index contributed by atoms with van der Waals surface area (Å²) < 4.78 is 62.1. The maximum atomic E-state index is 12.0. The van der Waals surface area contributed by atoms with Crippen LogP contribution in [0, 0.1) is 0 Å². The van der Waals surface area contributed by atoms with E-state index in [4.69, 9.17) is 35.6 Å². The van der Waals surface area contributed by atoms with Gasteiger partial charge < -0.3 is 14.2 Å². The lowest BCUT2D eigenvalue weighted by Gasteiger charge is -2.22. The van der Waals surface area contributed by atoms with Crippen molar-refractivity contribution in [1.82, 2.24) is 0 Å². The van der Waals surface area contributed by atoms with Crippen LogP contribution in [0.1, 0.15) is 0 Å². The van der Waals surface area contributed by atoms with Gasteiger partial charge in [-0.05, 0) is 12.2 Å². The van der Waals surface area contributed by atoms with Crippen molar-refractivity contribution in [2.45, 2.75) is 12.2 Å². The number of ether oxygens (including phenoxy) is 3. The van der Waals surface area contributed by atoms with Gasteiger partial charge in [0.15, 0.2) is 23.1 Å². The highest BCUT2D eigenvalue weighted by atomic mass is 35.7. The van der Waals surface area contributed by atoms with E-state index in [2.05, 4.69) is 0 Å². The third-order valence-corrected chi connectivity index (χ3v) is 6.17. The van der Waals surface area contributed by atoms with Gasteiger partial charge in [-0.1, -0.05) is 0 Å². The second kappa shape index (κ2) is 7.86. The molecule has 0 aromatic rings. The molecule has 2 aliphatic carbocycles. The zero-order valence-electron chi connectivity index (χ0n) is 13.7. The van der Waals surface area contributed by atoms with Crippen LogP contribution in [0.2, 0.25) is 0 Å². The summed E-state index contributed by atoms with van der Waals surface area (Å²) in [5.74, 6) is -2.56. The second-order valence-electron chi connectivity index (χ2n) is 5.17. The summed E-state index contributed by atoms with van der Waals surface area (Å²) in [4.78, 5) is 22.7. The molecule has 0 bridgehead atoms. The minimum Gasteiger partial charge on any atom is -0.454 e. The smallest absolute Gasteiger partial charge is 0.264 e. The molecule has 0 saturated carbocycles. The molecule has 0 spiro atoms. The fraction of sp³-hybridized carbons (Fsp3) is 0.286. The summed E-state index contributed by atoms with van der Waals surface area (Å²) >= 11 is 0. The van der Waals surface area contributed by atoms with Gasteiger partial charge in [-0.25, -0.2) is 16.8 Å². The number of ketones is 2. The highest BCUT2D eigenvalue weighted by Gasteiger charge is 2.35. The Kier molecular flexibility index (Phi) is 6.34. The first-order chi connectivity index (χ1) is 12.4. The van der Waals surface area contributed by atoms with Gasteiger partial charge in [0.1, 0.15) is 22.0 Å². The lowest BCUT2D eigenvalue weighted by molar-refractivity contribution is -0.122. The molecular weight excluding hydrogens is 447 g/mol. The number of hydrogen-bond donors (Lipinski definition) is 0. The van der Waals surface area contributed by atoms with Gasteiger partial charge in [-0.2, -0.15) is 0 Å². The topological polar surface area (TPSA) is 130 Å². The van der Waals surface area contributed by atoms with Crippen LogP contribution >= 0.6 is 21.4 Å².